The highest BCUT2D eigenvalue weighted by molar-refractivity contribution is 5.19. The van der Waals surface area contributed by atoms with Crippen molar-refractivity contribution in [3.8, 4) is 12.1 Å². The summed E-state index contributed by atoms with van der Waals surface area (Å²) in [5.74, 6) is 0.297. The minimum atomic E-state index is -0.954. The molecule has 0 aromatic rings. The molecule has 2 heteroatoms. The van der Waals surface area contributed by atoms with E-state index in [0.29, 0.717) is 12.8 Å². The average molecular weight is 202 g/mol. The normalized spacial score (nSPS) is 12.6. The maximum absolute atomic E-state index is 9.20. The van der Waals surface area contributed by atoms with Crippen molar-refractivity contribution in [1.29, 1.82) is 10.5 Å². The fourth-order valence-electron chi connectivity index (χ4n) is 1.88. The van der Waals surface area contributed by atoms with Crippen molar-refractivity contribution in [3.63, 3.8) is 0 Å². The van der Waals surface area contributed by atoms with Crippen LogP contribution in [0.4, 0.5) is 0 Å². The third-order valence-electron chi connectivity index (χ3n) is 2.72. The Kier molecular flexibility index (Phi) is 5.42. The number of hydrogen-bond acceptors (Lipinski definition) is 2. The molecule has 0 aliphatic heterocycles. The molecule has 0 N–H and O–H groups in total. The fraction of sp³-hybridized carbons (Fsp3) is 0.538. The highest BCUT2D eigenvalue weighted by Crippen LogP contribution is 2.38. The van der Waals surface area contributed by atoms with Crippen molar-refractivity contribution in [1.82, 2.24) is 0 Å². The number of allylic oxidation sites excluding steroid dienone is 2. The van der Waals surface area contributed by atoms with Gasteiger partial charge in [0.1, 0.15) is 0 Å². The summed E-state index contributed by atoms with van der Waals surface area (Å²) in [6.45, 7) is 11.4. The zero-order valence-corrected chi connectivity index (χ0v) is 9.53. The lowest BCUT2D eigenvalue weighted by Crippen LogP contribution is -2.30. The second-order valence-corrected chi connectivity index (χ2v) is 4.06. The number of nitrogens with zero attached hydrogens (tertiary/aromatic N) is 2. The second-order valence-electron chi connectivity index (χ2n) is 4.06. The van der Waals surface area contributed by atoms with Gasteiger partial charge in [0.15, 0.2) is 5.41 Å². The first-order chi connectivity index (χ1) is 7.07. The standard InChI is InChI=1S/C13H18N2/c1-5-7-12(11(3)4)13(9-14,10-15)8-6-2/h5-6,11-12H,1-2,7-8H2,3-4H3. The Morgan fingerprint density at radius 1 is 1.20 bits per heavy atom. The molecule has 0 radical (unpaired) electrons. The number of nitriles is 2. The van der Waals surface area contributed by atoms with Crippen molar-refractivity contribution in [3.05, 3.63) is 25.3 Å². The molecule has 1 atom stereocenters. The Bertz CT molecular complexity index is 287. The number of rotatable bonds is 6. The molecule has 0 spiro atoms. The van der Waals surface area contributed by atoms with Crippen molar-refractivity contribution < 1.29 is 0 Å². The van der Waals surface area contributed by atoms with E-state index in [-0.39, 0.29) is 11.8 Å². The predicted octanol–water partition coefficient (Wildman–Crippen LogP) is 3.44. The van der Waals surface area contributed by atoms with Gasteiger partial charge in [-0.3, -0.25) is 0 Å². The molecule has 0 aromatic carbocycles. The molecule has 0 rings (SSSR count). The lowest BCUT2D eigenvalue weighted by molar-refractivity contribution is 0.241. The Balaban J connectivity index is 5.18. The average Bonchev–Trinajstić information content (AvgIpc) is 2.23. The summed E-state index contributed by atoms with van der Waals surface area (Å²) in [6, 6.07) is 4.30. The van der Waals surface area contributed by atoms with Crippen LogP contribution in [0.3, 0.4) is 0 Å². The minimum absolute atomic E-state index is 0.0167. The predicted molar refractivity (Wildman–Crippen MR) is 61.6 cm³/mol. The van der Waals surface area contributed by atoms with Crippen LogP contribution in [0.25, 0.3) is 0 Å². The SMILES string of the molecule is C=CCC(C(C)C)C(C#N)(C#N)CC=C. The van der Waals surface area contributed by atoms with E-state index in [4.69, 9.17) is 0 Å². The zero-order chi connectivity index (χ0) is 11.9. The third kappa shape index (κ3) is 2.96. The van der Waals surface area contributed by atoms with Gasteiger partial charge >= 0.3 is 0 Å². The van der Waals surface area contributed by atoms with Crippen LogP contribution < -0.4 is 0 Å². The minimum Gasteiger partial charge on any atom is -0.197 e. The Morgan fingerprint density at radius 2 is 1.73 bits per heavy atom. The van der Waals surface area contributed by atoms with Crippen molar-refractivity contribution >= 4 is 0 Å². The summed E-state index contributed by atoms with van der Waals surface area (Å²) in [4.78, 5) is 0. The van der Waals surface area contributed by atoms with Crippen LogP contribution >= 0.6 is 0 Å². The van der Waals surface area contributed by atoms with Crippen LogP contribution in [-0.2, 0) is 0 Å². The van der Waals surface area contributed by atoms with Crippen LogP contribution in [0, 0.1) is 39.9 Å². The van der Waals surface area contributed by atoms with E-state index in [0.717, 1.165) is 0 Å². The lowest BCUT2D eigenvalue weighted by atomic mass is 9.68. The van der Waals surface area contributed by atoms with Crippen LogP contribution in [0.15, 0.2) is 25.3 Å². The Morgan fingerprint density at radius 3 is 2.00 bits per heavy atom. The molecule has 0 amide bonds. The quantitative estimate of drug-likeness (QED) is 0.619. The molecular weight excluding hydrogens is 184 g/mol. The van der Waals surface area contributed by atoms with Crippen LogP contribution in [0.2, 0.25) is 0 Å². The summed E-state index contributed by atoms with van der Waals surface area (Å²) in [6.07, 6.45) is 4.52. The summed E-state index contributed by atoms with van der Waals surface area (Å²) in [5, 5.41) is 18.4. The molecule has 0 aromatic heterocycles. The maximum Gasteiger partial charge on any atom is 0.150 e. The largest absolute Gasteiger partial charge is 0.197 e. The van der Waals surface area contributed by atoms with E-state index < -0.39 is 5.41 Å². The molecule has 0 bridgehead atoms. The van der Waals surface area contributed by atoms with Crippen LogP contribution in [0.5, 0.6) is 0 Å². The van der Waals surface area contributed by atoms with Gasteiger partial charge in [0, 0.05) is 0 Å². The highest BCUT2D eigenvalue weighted by atomic mass is 14.5. The van der Waals surface area contributed by atoms with Gasteiger partial charge in [0.2, 0.25) is 0 Å². The van der Waals surface area contributed by atoms with Crippen LogP contribution in [-0.4, -0.2) is 0 Å². The van der Waals surface area contributed by atoms with Crippen molar-refractivity contribution in [2.75, 3.05) is 0 Å². The molecule has 0 saturated carbocycles. The van der Waals surface area contributed by atoms with Crippen molar-refractivity contribution in [2.45, 2.75) is 26.7 Å². The molecule has 0 heterocycles. The summed E-state index contributed by atoms with van der Waals surface area (Å²) in [5.41, 5.74) is -0.954. The van der Waals surface area contributed by atoms with E-state index in [1.54, 1.807) is 12.2 Å². The summed E-state index contributed by atoms with van der Waals surface area (Å²) >= 11 is 0. The van der Waals surface area contributed by atoms with Gasteiger partial charge in [0.25, 0.3) is 0 Å². The summed E-state index contributed by atoms with van der Waals surface area (Å²) < 4.78 is 0. The molecule has 0 aliphatic carbocycles. The fourth-order valence-corrected chi connectivity index (χ4v) is 1.88. The zero-order valence-electron chi connectivity index (χ0n) is 9.53. The van der Waals surface area contributed by atoms with Gasteiger partial charge < -0.3 is 0 Å². The highest BCUT2D eigenvalue weighted by Gasteiger charge is 2.39. The topological polar surface area (TPSA) is 47.6 Å². The Labute approximate surface area is 92.5 Å². The molecule has 1 unspecified atom stereocenters. The van der Waals surface area contributed by atoms with Gasteiger partial charge in [-0.05, 0) is 24.7 Å². The molecular formula is C13H18N2. The molecule has 0 aliphatic rings. The van der Waals surface area contributed by atoms with Gasteiger partial charge in [-0.2, -0.15) is 10.5 Å². The van der Waals surface area contributed by atoms with Crippen molar-refractivity contribution in [2.24, 2.45) is 17.3 Å². The van der Waals surface area contributed by atoms with E-state index in [2.05, 4.69) is 25.3 Å². The number of hydrogen-bond donors (Lipinski definition) is 0. The Hall–Kier alpha value is -1.54. The molecule has 15 heavy (non-hydrogen) atoms. The molecule has 0 saturated heterocycles. The van der Waals surface area contributed by atoms with Gasteiger partial charge in [-0.1, -0.05) is 26.0 Å². The first kappa shape index (κ1) is 13.5. The van der Waals surface area contributed by atoms with Gasteiger partial charge in [0.05, 0.1) is 12.1 Å². The van der Waals surface area contributed by atoms with E-state index in [1.165, 1.54) is 0 Å². The maximum atomic E-state index is 9.20. The second kappa shape index (κ2) is 6.04. The monoisotopic (exact) mass is 202 g/mol. The van der Waals surface area contributed by atoms with Gasteiger partial charge in [-0.15, -0.1) is 13.2 Å². The molecule has 80 valence electrons. The molecule has 0 fully saturated rings. The third-order valence-corrected chi connectivity index (χ3v) is 2.72. The smallest absolute Gasteiger partial charge is 0.150 e. The first-order valence-corrected chi connectivity index (χ1v) is 5.12. The lowest BCUT2D eigenvalue weighted by Gasteiger charge is -2.30. The van der Waals surface area contributed by atoms with E-state index in [1.807, 2.05) is 13.8 Å². The summed E-state index contributed by atoms with van der Waals surface area (Å²) in [7, 11) is 0. The first-order valence-electron chi connectivity index (χ1n) is 5.12. The van der Waals surface area contributed by atoms with E-state index in [9.17, 15) is 10.5 Å². The van der Waals surface area contributed by atoms with Gasteiger partial charge in [-0.25, -0.2) is 0 Å². The van der Waals surface area contributed by atoms with E-state index >= 15 is 0 Å². The molecule has 2 nitrogen and oxygen atoms in total. The van der Waals surface area contributed by atoms with Crippen LogP contribution in [0.1, 0.15) is 26.7 Å².